The third-order valence-electron chi connectivity index (χ3n) is 5.81. The van der Waals surface area contributed by atoms with Crippen molar-refractivity contribution in [3.05, 3.63) is 18.2 Å². The van der Waals surface area contributed by atoms with Gasteiger partial charge in [0.2, 0.25) is 21.8 Å². The number of ether oxygens (including phenoxy) is 2. The number of rotatable bonds is 10. The van der Waals surface area contributed by atoms with Crippen molar-refractivity contribution in [2.75, 3.05) is 46.9 Å². The summed E-state index contributed by atoms with van der Waals surface area (Å²) in [6, 6.07) is 4.43. The smallest absolute Gasteiger partial charge is 0.240 e. The number of carbonyl (C=O) groups excluding carboxylic acids is 2. The van der Waals surface area contributed by atoms with Gasteiger partial charge in [0, 0.05) is 51.3 Å². The van der Waals surface area contributed by atoms with Gasteiger partial charge in [-0.25, -0.2) is 13.1 Å². The van der Waals surface area contributed by atoms with Gasteiger partial charge in [-0.2, -0.15) is 0 Å². The molecule has 1 saturated carbocycles. The van der Waals surface area contributed by atoms with Crippen molar-refractivity contribution < 1.29 is 27.5 Å². The zero-order valence-electron chi connectivity index (χ0n) is 18.8. The van der Waals surface area contributed by atoms with Gasteiger partial charge in [0.15, 0.2) is 11.5 Å². The lowest BCUT2D eigenvalue weighted by Gasteiger charge is -2.37. The topological polar surface area (TPSA) is 117 Å². The van der Waals surface area contributed by atoms with Crippen LogP contribution < -0.4 is 19.5 Å². The molecule has 2 N–H and O–H groups in total. The molecule has 10 nitrogen and oxygen atoms in total. The Morgan fingerprint density at radius 2 is 1.75 bits per heavy atom. The molecule has 2 amide bonds. The first-order chi connectivity index (χ1) is 15.2. The molecule has 2 fully saturated rings. The third-order valence-corrected chi connectivity index (χ3v) is 7.27. The standard InChI is InChI=1S/C21H32N4O6S/c1-15(21(27)23-16-4-5-16)24-10-12-25(13-11-24)20(26)8-9-22-32(28,29)17-6-7-18(30-2)19(14-17)31-3/h6-7,14-16,22H,4-5,8-13H2,1-3H3,(H,23,27). The molecule has 0 spiro atoms. The summed E-state index contributed by atoms with van der Waals surface area (Å²) < 4.78 is 37.8. The van der Waals surface area contributed by atoms with E-state index in [0.29, 0.717) is 43.7 Å². The lowest BCUT2D eigenvalue weighted by atomic mass is 10.2. The minimum Gasteiger partial charge on any atom is -0.493 e. The Hall–Kier alpha value is -2.37. The Bertz CT molecular complexity index is 926. The van der Waals surface area contributed by atoms with Crippen LogP contribution in [0.2, 0.25) is 0 Å². The summed E-state index contributed by atoms with van der Waals surface area (Å²) >= 11 is 0. The van der Waals surface area contributed by atoms with E-state index in [9.17, 15) is 18.0 Å². The summed E-state index contributed by atoms with van der Waals surface area (Å²) in [6.45, 7) is 4.14. The lowest BCUT2D eigenvalue weighted by molar-refractivity contribution is -0.134. The highest BCUT2D eigenvalue weighted by Crippen LogP contribution is 2.29. The number of piperazine rings is 1. The van der Waals surface area contributed by atoms with Gasteiger partial charge in [-0.15, -0.1) is 0 Å². The van der Waals surface area contributed by atoms with Crippen LogP contribution >= 0.6 is 0 Å². The first-order valence-electron chi connectivity index (χ1n) is 10.8. The largest absolute Gasteiger partial charge is 0.493 e. The number of amides is 2. The van der Waals surface area contributed by atoms with Gasteiger partial charge >= 0.3 is 0 Å². The van der Waals surface area contributed by atoms with Crippen LogP contribution in [0.25, 0.3) is 0 Å². The van der Waals surface area contributed by atoms with Crippen molar-refractivity contribution in [2.45, 2.75) is 43.2 Å². The van der Waals surface area contributed by atoms with Gasteiger partial charge in [0.05, 0.1) is 25.2 Å². The Morgan fingerprint density at radius 3 is 2.34 bits per heavy atom. The maximum Gasteiger partial charge on any atom is 0.240 e. The van der Waals surface area contributed by atoms with Crippen LogP contribution in [0.5, 0.6) is 11.5 Å². The van der Waals surface area contributed by atoms with Crippen LogP contribution in [-0.2, 0) is 19.6 Å². The molecule has 1 aromatic carbocycles. The van der Waals surface area contributed by atoms with E-state index in [1.54, 1.807) is 4.90 Å². The number of sulfonamides is 1. The van der Waals surface area contributed by atoms with Crippen LogP contribution in [0.1, 0.15) is 26.2 Å². The molecule has 1 unspecified atom stereocenters. The van der Waals surface area contributed by atoms with Crippen molar-refractivity contribution in [2.24, 2.45) is 0 Å². The first kappa shape index (κ1) is 24.3. The Kier molecular flexibility index (Phi) is 7.96. The van der Waals surface area contributed by atoms with Gasteiger partial charge in [-0.05, 0) is 31.9 Å². The highest BCUT2D eigenvalue weighted by atomic mass is 32.2. The SMILES string of the molecule is COc1ccc(S(=O)(=O)NCCC(=O)N2CCN(C(C)C(=O)NC3CC3)CC2)cc1OC. The van der Waals surface area contributed by atoms with E-state index >= 15 is 0 Å². The molecule has 0 aromatic heterocycles. The number of nitrogens with one attached hydrogen (secondary N) is 2. The molecule has 3 rings (SSSR count). The summed E-state index contributed by atoms with van der Waals surface area (Å²) in [5.74, 6) is 0.663. The fraction of sp³-hybridized carbons (Fsp3) is 0.619. The van der Waals surface area contributed by atoms with Crippen LogP contribution in [0, 0.1) is 0 Å². The molecule has 1 saturated heterocycles. The Morgan fingerprint density at radius 1 is 1.09 bits per heavy atom. The highest BCUT2D eigenvalue weighted by molar-refractivity contribution is 7.89. The molecule has 11 heteroatoms. The van der Waals surface area contributed by atoms with E-state index in [0.717, 1.165) is 12.8 Å². The van der Waals surface area contributed by atoms with E-state index in [4.69, 9.17) is 9.47 Å². The molecule has 1 aliphatic carbocycles. The minimum absolute atomic E-state index is 0.00404. The molecule has 0 bridgehead atoms. The number of hydrogen-bond donors (Lipinski definition) is 2. The van der Waals surface area contributed by atoms with E-state index in [2.05, 4.69) is 14.9 Å². The molecule has 32 heavy (non-hydrogen) atoms. The number of methoxy groups -OCH3 is 2. The Balaban J connectivity index is 1.44. The predicted molar refractivity (Wildman–Crippen MR) is 118 cm³/mol. The molecule has 0 radical (unpaired) electrons. The summed E-state index contributed by atoms with van der Waals surface area (Å²) in [7, 11) is -0.885. The normalized spacial score (nSPS) is 18.2. The molecule has 1 heterocycles. The predicted octanol–water partition coefficient (Wildman–Crippen LogP) is 0.184. The number of carbonyl (C=O) groups is 2. The van der Waals surface area contributed by atoms with Crippen LogP contribution in [0.3, 0.4) is 0 Å². The van der Waals surface area contributed by atoms with Gasteiger partial charge in [-0.1, -0.05) is 0 Å². The molecule has 1 aliphatic heterocycles. The molecular formula is C21H32N4O6S. The van der Waals surface area contributed by atoms with E-state index in [-0.39, 0.29) is 35.7 Å². The fourth-order valence-electron chi connectivity index (χ4n) is 3.59. The van der Waals surface area contributed by atoms with E-state index in [1.807, 2.05) is 6.92 Å². The fourth-order valence-corrected chi connectivity index (χ4v) is 4.64. The van der Waals surface area contributed by atoms with Crippen molar-refractivity contribution >= 4 is 21.8 Å². The zero-order valence-corrected chi connectivity index (χ0v) is 19.6. The molecular weight excluding hydrogens is 436 g/mol. The maximum atomic E-state index is 12.5. The van der Waals surface area contributed by atoms with Crippen molar-refractivity contribution in [3.63, 3.8) is 0 Å². The van der Waals surface area contributed by atoms with Crippen molar-refractivity contribution in [1.82, 2.24) is 19.8 Å². The number of benzene rings is 1. The number of hydrogen-bond acceptors (Lipinski definition) is 7. The first-order valence-corrected chi connectivity index (χ1v) is 12.3. The quantitative estimate of drug-likeness (QED) is 0.503. The average Bonchev–Trinajstić information content (AvgIpc) is 3.61. The Labute approximate surface area is 189 Å². The van der Waals surface area contributed by atoms with E-state index in [1.165, 1.54) is 32.4 Å². The second kappa shape index (κ2) is 10.5. The summed E-state index contributed by atoms with van der Waals surface area (Å²) in [5.41, 5.74) is 0. The lowest BCUT2D eigenvalue weighted by Crippen LogP contribution is -2.55. The van der Waals surface area contributed by atoms with Crippen molar-refractivity contribution in [3.8, 4) is 11.5 Å². The van der Waals surface area contributed by atoms with Gasteiger partial charge in [0.25, 0.3) is 0 Å². The van der Waals surface area contributed by atoms with Crippen LogP contribution in [-0.4, -0.2) is 89.1 Å². The molecule has 1 aromatic rings. The monoisotopic (exact) mass is 468 g/mol. The van der Waals surface area contributed by atoms with Crippen LogP contribution in [0.15, 0.2) is 23.1 Å². The molecule has 178 valence electrons. The van der Waals surface area contributed by atoms with E-state index < -0.39 is 10.0 Å². The third kappa shape index (κ3) is 6.11. The zero-order chi connectivity index (χ0) is 23.3. The highest BCUT2D eigenvalue weighted by Gasteiger charge is 2.30. The summed E-state index contributed by atoms with van der Waals surface area (Å²) in [6.07, 6.45) is 2.16. The van der Waals surface area contributed by atoms with Crippen LogP contribution in [0.4, 0.5) is 0 Å². The second-order valence-corrected chi connectivity index (χ2v) is 9.81. The molecule has 1 atom stereocenters. The number of nitrogens with zero attached hydrogens (tertiary/aromatic N) is 2. The molecule has 2 aliphatic rings. The van der Waals surface area contributed by atoms with Gasteiger partial charge in [0.1, 0.15) is 0 Å². The summed E-state index contributed by atoms with van der Waals surface area (Å²) in [5, 5.41) is 3.01. The van der Waals surface area contributed by atoms with Gasteiger partial charge in [-0.3, -0.25) is 14.5 Å². The summed E-state index contributed by atoms with van der Waals surface area (Å²) in [4.78, 5) is 28.6. The second-order valence-electron chi connectivity index (χ2n) is 8.04. The van der Waals surface area contributed by atoms with Gasteiger partial charge < -0.3 is 19.7 Å². The van der Waals surface area contributed by atoms with Crippen molar-refractivity contribution in [1.29, 1.82) is 0 Å². The minimum atomic E-state index is -3.79. The maximum absolute atomic E-state index is 12.5. The average molecular weight is 469 g/mol.